The summed E-state index contributed by atoms with van der Waals surface area (Å²) in [5.41, 5.74) is 0.363. The second-order valence-electron chi connectivity index (χ2n) is 13.4. The number of anilines is 1. The fraction of sp³-hybridized carbons (Fsp3) is 0.472. The van der Waals surface area contributed by atoms with Gasteiger partial charge < -0.3 is 29.7 Å². The van der Waals surface area contributed by atoms with E-state index < -0.39 is 29.4 Å². The number of esters is 1. The fourth-order valence-electron chi connectivity index (χ4n) is 7.72. The number of nitrogens with zero attached hydrogens (tertiary/aromatic N) is 1. The van der Waals surface area contributed by atoms with Crippen molar-refractivity contribution in [2.75, 3.05) is 12.4 Å². The lowest BCUT2D eigenvalue weighted by atomic mass is 9.61. The number of rotatable bonds is 11. The number of furan rings is 1. The van der Waals surface area contributed by atoms with Crippen LogP contribution in [-0.4, -0.2) is 46.9 Å². The summed E-state index contributed by atoms with van der Waals surface area (Å²) in [5.74, 6) is -0.259. The number of nitrogens with one attached hydrogen (secondary N) is 3. The zero-order valence-electron chi connectivity index (χ0n) is 27.5. The minimum Gasteiger partial charge on any atom is -0.466 e. The van der Waals surface area contributed by atoms with Crippen molar-refractivity contribution >= 4 is 40.3 Å². The van der Waals surface area contributed by atoms with Gasteiger partial charge in [0.1, 0.15) is 23.9 Å². The van der Waals surface area contributed by atoms with Gasteiger partial charge in [-0.1, -0.05) is 38.1 Å². The summed E-state index contributed by atoms with van der Waals surface area (Å²) < 4.78 is 11.7. The molecule has 3 aromatic rings. The van der Waals surface area contributed by atoms with Gasteiger partial charge in [-0.05, 0) is 87.8 Å². The van der Waals surface area contributed by atoms with Gasteiger partial charge in [0.05, 0.1) is 7.11 Å². The smallest absolute Gasteiger partial charge is 0.330 e. The van der Waals surface area contributed by atoms with Crippen LogP contribution in [0.4, 0.5) is 5.69 Å². The Kier molecular flexibility index (Phi) is 10.3. The number of aromatic nitrogens is 1. The summed E-state index contributed by atoms with van der Waals surface area (Å²) in [6.07, 6.45) is 9.87. The molecule has 0 saturated heterocycles. The maximum Gasteiger partial charge on any atom is 0.330 e. The van der Waals surface area contributed by atoms with Crippen molar-refractivity contribution in [1.29, 1.82) is 0 Å². The molecule has 3 N–H and O–H groups in total. The van der Waals surface area contributed by atoms with E-state index >= 15 is 0 Å². The van der Waals surface area contributed by atoms with Gasteiger partial charge in [0, 0.05) is 28.8 Å². The molecule has 2 aromatic heterocycles. The van der Waals surface area contributed by atoms with Gasteiger partial charge in [0.2, 0.25) is 11.8 Å². The summed E-state index contributed by atoms with van der Waals surface area (Å²) in [6, 6.07) is 9.21. The SMILES string of the molecule is COC(=O)/C=C/CC[C@H](NC(=O)c1oc2ccccc2c1C)C(=O)Nc1cccn(CC(=O)NC23CC(C)CC(CC(C)C2)C3)c1=O. The van der Waals surface area contributed by atoms with Crippen LogP contribution < -0.4 is 21.5 Å². The molecular weight excluding hydrogens is 600 g/mol. The first-order valence-electron chi connectivity index (χ1n) is 16.3. The number of carbonyl (C=O) groups is 4. The van der Waals surface area contributed by atoms with E-state index in [1.54, 1.807) is 31.2 Å². The van der Waals surface area contributed by atoms with E-state index in [2.05, 4.69) is 34.5 Å². The van der Waals surface area contributed by atoms with Crippen molar-refractivity contribution in [2.24, 2.45) is 17.8 Å². The molecule has 2 aliphatic rings. The third kappa shape index (κ3) is 8.01. The topological polar surface area (TPSA) is 149 Å². The van der Waals surface area contributed by atoms with Crippen LogP contribution in [0.15, 0.2) is 64.0 Å². The summed E-state index contributed by atoms with van der Waals surface area (Å²) >= 11 is 0. The lowest BCUT2D eigenvalue weighted by Crippen LogP contribution is -2.57. The van der Waals surface area contributed by atoms with Crippen molar-refractivity contribution < 1.29 is 28.3 Å². The predicted molar refractivity (Wildman–Crippen MR) is 178 cm³/mol. The first kappa shape index (κ1) is 33.7. The Morgan fingerprint density at radius 2 is 1.79 bits per heavy atom. The third-order valence-electron chi connectivity index (χ3n) is 9.37. The quantitative estimate of drug-likeness (QED) is 0.199. The molecule has 2 bridgehead atoms. The molecule has 2 fully saturated rings. The van der Waals surface area contributed by atoms with Crippen LogP contribution in [0, 0.1) is 24.7 Å². The summed E-state index contributed by atoms with van der Waals surface area (Å²) in [6.45, 7) is 6.06. The molecule has 5 rings (SSSR count). The van der Waals surface area contributed by atoms with E-state index in [1.807, 2.05) is 12.1 Å². The molecule has 2 unspecified atom stereocenters. The Morgan fingerprint density at radius 3 is 2.49 bits per heavy atom. The zero-order valence-corrected chi connectivity index (χ0v) is 27.5. The molecule has 47 heavy (non-hydrogen) atoms. The van der Waals surface area contributed by atoms with E-state index in [9.17, 15) is 24.0 Å². The van der Waals surface area contributed by atoms with Crippen LogP contribution in [0.5, 0.6) is 0 Å². The molecule has 3 amide bonds. The normalized spacial score (nSPS) is 22.9. The van der Waals surface area contributed by atoms with Gasteiger partial charge in [-0.25, -0.2) is 4.79 Å². The van der Waals surface area contributed by atoms with Crippen molar-refractivity contribution in [2.45, 2.75) is 83.8 Å². The van der Waals surface area contributed by atoms with Crippen molar-refractivity contribution in [3.05, 3.63) is 76.4 Å². The van der Waals surface area contributed by atoms with Gasteiger partial charge in [-0.3, -0.25) is 19.2 Å². The Hall–Kier alpha value is -4.67. The molecule has 0 spiro atoms. The number of aryl methyl sites for hydroxylation is 1. The highest BCUT2D eigenvalue weighted by Gasteiger charge is 2.45. The molecule has 0 aliphatic heterocycles. The van der Waals surface area contributed by atoms with Crippen LogP contribution in [0.25, 0.3) is 11.0 Å². The van der Waals surface area contributed by atoms with Crippen molar-refractivity contribution in [1.82, 2.24) is 15.2 Å². The van der Waals surface area contributed by atoms with E-state index in [4.69, 9.17) is 4.42 Å². The van der Waals surface area contributed by atoms with E-state index in [0.29, 0.717) is 28.9 Å². The minimum atomic E-state index is -1.08. The highest BCUT2D eigenvalue weighted by Crippen LogP contribution is 2.47. The third-order valence-corrected chi connectivity index (χ3v) is 9.37. The molecule has 3 atom stereocenters. The number of carbonyl (C=O) groups excluding carboxylic acids is 4. The van der Waals surface area contributed by atoms with Crippen molar-refractivity contribution in [3.63, 3.8) is 0 Å². The van der Waals surface area contributed by atoms with E-state index in [1.165, 1.54) is 42.9 Å². The molecular formula is C36H44N4O7. The number of fused-ring (bicyclic) bond motifs is 3. The molecule has 11 nitrogen and oxygen atoms in total. The van der Waals surface area contributed by atoms with Crippen LogP contribution >= 0.6 is 0 Å². The van der Waals surface area contributed by atoms with Crippen LogP contribution in [-0.2, 0) is 25.7 Å². The second kappa shape index (κ2) is 14.4. The number of hydrogen-bond acceptors (Lipinski definition) is 7. The average Bonchev–Trinajstić information content (AvgIpc) is 3.35. The number of amides is 3. The predicted octanol–water partition coefficient (Wildman–Crippen LogP) is 4.87. The number of pyridine rings is 1. The summed E-state index contributed by atoms with van der Waals surface area (Å²) in [5, 5.41) is 9.44. The van der Waals surface area contributed by atoms with Gasteiger partial charge in [-0.15, -0.1) is 0 Å². The second-order valence-corrected chi connectivity index (χ2v) is 13.4. The van der Waals surface area contributed by atoms with E-state index in [-0.39, 0.29) is 42.3 Å². The number of benzene rings is 1. The minimum absolute atomic E-state index is 0.0228. The fourth-order valence-corrected chi connectivity index (χ4v) is 7.72. The van der Waals surface area contributed by atoms with Gasteiger partial charge in [-0.2, -0.15) is 0 Å². The lowest BCUT2D eigenvalue weighted by molar-refractivity contribution is -0.134. The standard InChI is InChI=1S/C36H44N4O7/c1-22-16-25-17-23(2)19-36(18-22,20-25)39-30(41)21-40-15-9-12-28(35(40)45)38-33(43)27(11-6-8-14-31(42)46-4)37-34(44)32-24(3)26-10-5-7-13-29(26)47-32/h5,7-10,12-15,22-23,25,27H,6,11,16-21H2,1-4H3,(H,37,44)(H,38,43)(H,39,41)/b14-8+/t22?,23?,25?,27-,36?/m0/s1. The molecule has 11 heteroatoms. The van der Waals surface area contributed by atoms with Crippen molar-refractivity contribution in [3.8, 4) is 0 Å². The molecule has 1 aromatic carbocycles. The first-order chi connectivity index (χ1) is 22.5. The maximum absolute atomic E-state index is 13.5. The number of para-hydroxylation sites is 1. The highest BCUT2D eigenvalue weighted by atomic mass is 16.5. The summed E-state index contributed by atoms with van der Waals surface area (Å²) in [7, 11) is 1.26. The van der Waals surface area contributed by atoms with E-state index in [0.717, 1.165) is 24.6 Å². The van der Waals surface area contributed by atoms with Gasteiger partial charge >= 0.3 is 5.97 Å². The van der Waals surface area contributed by atoms with Crippen LogP contribution in [0.3, 0.4) is 0 Å². The van der Waals surface area contributed by atoms with Crippen LogP contribution in [0.1, 0.15) is 74.9 Å². The number of allylic oxidation sites excluding steroid dienone is 1. The zero-order chi connectivity index (χ0) is 33.7. The Bertz CT molecular complexity index is 1720. The highest BCUT2D eigenvalue weighted by molar-refractivity contribution is 6.03. The van der Waals surface area contributed by atoms with Gasteiger partial charge in [0.15, 0.2) is 5.76 Å². The Balaban J connectivity index is 1.29. The maximum atomic E-state index is 13.5. The number of methoxy groups -OCH3 is 1. The summed E-state index contributed by atoms with van der Waals surface area (Å²) in [4.78, 5) is 65.1. The molecule has 250 valence electrons. The lowest BCUT2D eigenvalue weighted by Gasteiger charge is -2.50. The Labute approximate surface area is 274 Å². The first-order valence-corrected chi connectivity index (χ1v) is 16.3. The Morgan fingerprint density at radius 1 is 1.06 bits per heavy atom. The number of ether oxygens (including phenoxy) is 1. The molecule has 0 radical (unpaired) electrons. The van der Waals surface area contributed by atoms with Crippen LogP contribution in [0.2, 0.25) is 0 Å². The molecule has 2 aliphatic carbocycles. The monoisotopic (exact) mass is 644 g/mol. The van der Waals surface area contributed by atoms with Gasteiger partial charge in [0.25, 0.3) is 11.5 Å². The molecule has 2 saturated carbocycles. The largest absolute Gasteiger partial charge is 0.466 e. The molecule has 2 heterocycles. The average molecular weight is 645 g/mol. The number of hydrogen-bond donors (Lipinski definition) is 3.